The van der Waals surface area contributed by atoms with Gasteiger partial charge in [0, 0.05) is 12.0 Å². The summed E-state index contributed by atoms with van der Waals surface area (Å²) >= 11 is 0. The summed E-state index contributed by atoms with van der Waals surface area (Å²) in [6.07, 6.45) is 2.19. The third-order valence-electron chi connectivity index (χ3n) is 2.31. The molecule has 86 valence electrons. The highest BCUT2D eigenvalue weighted by Crippen LogP contribution is 2.13. The molecule has 0 atom stereocenters. The van der Waals surface area contributed by atoms with Gasteiger partial charge in [-0.2, -0.15) is 5.90 Å². The lowest BCUT2D eigenvalue weighted by molar-refractivity contribution is 0.0500. The predicted octanol–water partition coefficient (Wildman–Crippen LogP) is 2.09. The van der Waals surface area contributed by atoms with Crippen LogP contribution in [0.4, 0.5) is 0 Å². The SMILES string of the molecule is CCCCC(=O)c1ccccc1C(=O)ON. The molecule has 0 saturated heterocycles. The molecule has 0 bridgehead atoms. The van der Waals surface area contributed by atoms with Gasteiger partial charge in [0.25, 0.3) is 0 Å². The van der Waals surface area contributed by atoms with Crippen molar-refractivity contribution in [2.24, 2.45) is 5.90 Å². The molecule has 1 rings (SSSR count). The van der Waals surface area contributed by atoms with Crippen LogP contribution in [0.5, 0.6) is 0 Å². The van der Waals surface area contributed by atoms with E-state index < -0.39 is 5.97 Å². The number of hydrogen-bond donors (Lipinski definition) is 1. The van der Waals surface area contributed by atoms with E-state index in [4.69, 9.17) is 5.90 Å². The summed E-state index contributed by atoms with van der Waals surface area (Å²) in [5, 5.41) is 0. The van der Waals surface area contributed by atoms with Crippen molar-refractivity contribution in [1.82, 2.24) is 0 Å². The summed E-state index contributed by atoms with van der Waals surface area (Å²) in [6, 6.07) is 6.54. The van der Waals surface area contributed by atoms with Crippen LogP contribution in [0.2, 0.25) is 0 Å². The Morgan fingerprint density at radius 1 is 1.25 bits per heavy atom. The summed E-state index contributed by atoms with van der Waals surface area (Å²) < 4.78 is 0. The predicted molar refractivity (Wildman–Crippen MR) is 59.9 cm³/mol. The van der Waals surface area contributed by atoms with Gasteiger partial charge in [-0.25, -0.2) is 4.79 Å². The Morgan fingerprint density at radius 3 is 2.44 bits per heavy atom. The van der Waals surface area contributed by atoms with Gasteiger partial charge in [-0.15, -0.1) is 0 Å². The fourth-order valence-corrected chi connectivity index (χ4v) is 1.44. The number of hydrogen-bond acceptors (Lipinski definition) is 4. The van der Waals surface area contributed by atoms with Crippen LogP contribution in [-0.4, -0.2) is 11.8 Å². The van der Waals surface area contributed by atoms with Crippen molar-refractivity contribution in [3.63, 3.8) is 0 Å². The first-order chi connectivity index (χ1) is 7.70. The number of Topliss-reactive ketones (excluding diaryl/α,β-unsaturated/α-hetero) is 1. The maximum Gasteiger partial charge on any atom is 0.357 e. The minimum absolute atomic E-state index is 0.0529. The van der Waals surface area contributed by atoms with Gasteiger partial charge in [0.05, 0.1) is 5.56 Å². The van der Waals surface area contributed by atoms with Crippen LogP contribution in [0.1, 0.15) is 46.9 Å². The first-order valence-electron chi connectivity index (χ1n) is 5.24. The monoisotopic (exact) mass is 221 g/mol. The molecule has 0 heterocycles. The zero-order valence-corrected chi connectivity index (χ0v) is 9.23. The number of carbonyl (C=O) groups excluding carboxylic acids is 2. The molecule has 0 saturated carbocycles. The maximum absolute atomic E-state index is 11.8. The van der Waals surface area contributed by atoms with Crippen LogP contribution in [0.3, 0.4) is 0 Å². The number of benzene rings is 1. The van der Waals surface area contributed by atoms with E-state index in [0.717, 1.165) is 12.8 Å². The molecule has 4 heteroatoms. The number of nitrogens with two attached hydrogens (primary N) is 1. The van der Waals surface area contributed by atoms with Crippen molar-refractivity contribution in [2.75, 3.05) is 0 Å². The Kier molecular flexibility index (Phi) is 4.66. The minimum Gasteiger partial charge on any atom is -0.370 e. The summed E-state index contributed by atoms with van der Waals surface area (Å²) in [5.74, 6) is 4.08. The van der Waals surface area contributed by atoms with Crippen molar-refractivity contribution in [3.05, 3.63) is 35.4 Å². The second-order valence-electron chi connectivity index (χ2n) is 3.48. The molecule has 0 spiro atoms. The lowest BCUT2D eigenvalue weighted by Crippen LogP contribution is -2.14. The van der Waals surface area contributed by atoms with Crippen LogP contribution in [0, 0.1) is 0 Å². The lowest BCUT2D eigenvalue weighted by Gasteiger charge is -2.05. The quantitative estimate of drug-likeness (QED) is 0.610. The van der Waals surface area contributed by atoms with Crippen molar-refractivity contribution in [2.45, 2.75) is 26.2 Å². The second kappa shape index (κ2) is 6.02. The largest absolute Gasteiger partial charge is 0.370 e. The van der Waals surface area contributed by atoms with Crippen LogP contribution >= 0.6 is 0 Å². The molecule has 0 aliphatic heterocycles. The number of unbranched alkanes of at least 4 members (excludes halogenated alkanes) is 1. The molecule has 2 N–H and O–H groups in total. The average Bonchev–Trinajstić information content (AvgIpc) is 2.35. The van der Waals surface area contributed by atoms with Crippen LogP contribution in [0.15, 0.2) is 24.3 Å². The first-order valence-corrected chi connectivity index (χ1v) is 5.24. The summed E-state index contributed by atoms with van der Waals surface area (Å²) in [7, 11) is 0. The number of rotatable bonds is 5. The molecule has 0 fully saturated rings. The molecule has 0 radical (unpaired) electrons. The standard InChI is InChI=1S/C12H15NO3/c1-2-3-8-11(14)9-6-4-5-7-10(9)12(15)16-13/h4-7H,2-3,8,13H2,1H3. The molecule has 0 unspecified atom stereocenters. The normalized spacial score (nSPS) is 9.88. The second-order valence-corrected chi connectivity index (χ2v) is 3.48. The Hall–Kier alpha value is -1.68. The van der Waals surface area contributed by atoms with E-state index in [1.165, 1.54) is 6.07 Å². The summed E-state index contributed by atoms with van der Waals surface area (Å²) in [4.78, 5) is 27.2. The molecule has 0 aliphatic carbocycles. The Bertz CT molecular complexity index is 388. The minimum atomic E-state index is -0.680. The summed E-state index contributed by atoms with van der Waals surface area (Å²) in [5.41, 5.74) is 0.609. The molecular formula is C12H15NO3. The van der Waals surface area contributed by atoms with E-state index in [1.54, 1.807) is 18.2 Å². The lowest BCUT2D eigenvalue weighted by atomic mass is 10.0. The van der Waals surface area contributed by atoms with Gasteiger partial charge >= 0.3 is 5.97 Å². The van der Waals surface area contributed by atoms with Crippen LogP contribution in [0.25, 0.3) is 0 Å². The molecule has 0 aromatic heterocycles. The van der Waals surface area contributed by atoms with Crippen LogP contribution < -0.4 is 5.90 Å². The highest BCUT2D eigenvalue weighted by molar-refractivity contribution is 6.06. The average molecular weight is 221 g/mol. The third-order valence-corrected chi connectivity index (χ3v) is 2.31. The van der Waals surface area contributed by atoms with Gasteiger partial charge in [0.2, 0.25) is 0 Å². The number of ketones is 1. The van der Waals surface area contributed by atoms with Crippen molar-refractivity contribution in [3.8, 4) is 0 Å². The van der Waals surface area contributed by atoms with E-state index in [1.807, 2.05) is 6.92 Å². The van der Waals surface area contributed by atoms with E-state index in [-0.39, 0.29) is 11.3 Å². The Labute approximate surface area is 94.4 Å². The van der Waals surface area contributed by atoms with E-state index in [9.17, 15) is 9.59 Å². The summed E-state index contributed by atoms with van der Waals surface area (Å²) in [6.45, 7) is 2.01. The molecule has 0 aliphatic rings. The van der Waals surface area contributed by atoms with E-state index in [2.05, 4.69) is 4.84 Å². The van der Waals surface area contributed by atoms with Crippen molar-refractivity contribution in [1.29, 1.82) is 0 Å². The highest BCUT2D eigenvalue weighted by atomic mass is 16.7. The topological polar surface area (TPSA) is 69.4 Å². The fraction of sp³-hybridized carbons (Fsp3) is 0.333. The van der Waals surface area contributed by atoms with Gasteiger partial charge in [0.1, 0.15) is 0 Å². The van der Waals surface area contributed by atoms with Gasteiger partial charge in [-0.1, -0.05) is 31.5 Å². The van der Waals surface area contributed by atoms with Crippen molar-refractivity contribution < 1.29 is 14.4 Å². The molecule has 1 aromatic carbocycles. The molecule has 4 nitrogen and oxygen atoms in total. The smallest absolute Gasteiger partial charge is 0.357 e. The zero-order valence-electron chi connectivity index (χ0n) is 9.23. The Morgan fingerprint density at radius 2 is 1.88 bits per heavy atom. The maximum atomic E-state index is 11.8. The molecular weight excluding hydrogens is 206 g/mol. The zero-order chi connectivity index (χ0) is 12.0. The van der Waals surface area contributed by atoms with Gasteiger partial charge < -0.3 is 4.84 Å². The van der Waals surface area contributed by atoms with Crippen LogP contribution in [-0.2, 0) is 4.84 Å². The Balaban J connectivity index is 2.94. The van der Waals surface area contributed by atoms with E-state index in [0.29, 0.717) is 12.0 Å². The first kappa shape index (κ1) is 12.4. The van der Waals surface area contributed by atoms with E-state index >= 15 is 0 Å². The van der Waals surface area contributed by atoms with Crippen molar-refractivity contribution >= 4 is 11.8 Å². The fourth-order valence-electron chi connectivity index (χ4n) is 1.44. The van der Waals surface area contributed by atoms with Gasteiger partial charge in [-0.3, -0.25) is 4.79 Å². The number of carbonyl (C=O) groups is 2. The third kappa shape index (κ3) is 2.90. The molecule has 16 heavy (non-hydrogen) atoms. The van der Waals surface area contributed by atoms with Gasteiger partial charge in [-0.05, 0) is 12.5 Å². The molecule has 0 amide bonds. The van der Waals surface area contributed by atoms with Gasteiger partial charge in [0.15, 0.2) is 5.78 Å². The highest BCUT2D eigenvalue weighted by Gasteiger charge is 2.16. The molecule has 1 aromatic rings.